The number of halogens is 1. The van der Waals surface area contributed by atoms with E-state index in [0.29, 0.717) is 10.7 Å². The molecule has 1 saturated heterocycles. The minimum atomic E-state index is -0.0907. The summed E-state index contributed by atoms with van der Waals surface area (Å²) in [6, 6.07) is 5.36. The highest BCUT2D eigenvalue weighted by Crippen LogP contribution is 2.24. The Kier molecular flexibility index (Phi) is 3.07. The Hall–Kier alpha value is -1.55. The fourth-order valence-electron chi connectivity index (χ4n) is 1.71. The molecule has 0 N–H and O–H groups in total. The summed E-state index contributed by atoms with van der Waals surface area (Å²) >= 11 is 6.01. The van der Waals surface area contributed by atoms with E-state index in [-0.39, 0.29) is 24.9 Å². The molecule has 0 spiro atoms. The van der Waals surface area contributed by atoms with Crippen molar-refractivity contribution in [2.45, 2.75) is 6.92 Å². The Labute approximate surface area is 105 Å². The van der Waals surface area contributed by atoms with E-state index < -0.39 is 0 Å². The molecule has 17 heavy (non-hydrogen) atoms. The number of benzene rings is 1. The largest absolute Gasteiger partial charge is 0.335 e. The molecule has 1 heterocycles. The van der Waals surface area contributed by atoms with Crippen molar-refractivity contribution in [3.8, 4) is 0 Å². The van der Waals surface area contributed by atoms with Crippen LogP contribution in [0.15, 0.2) is 18.2 Å². The Morgan fingerprint density at radius 3 is 2.53 bits per heavy atom. The summed E-state index contributed by atoms with van der Waals surface area (Å²) in [6.45, 7) is 2.09. The van der Waals surface area contributed by atoms with E-state index in [1.807, 2.05) is 13.0 Å². The Bertz CT molecular complexity index is 487. The van der Waals surface area contributed by atoms with E-state index in [1.54, 1.807) is 19.2 Å². The van der Waals surface area contributed by atoms with Gasteiger partial charge in [-0.3, -0.25) is 9.59 Å². The quantitative estimate of drug-likeness (QED) is 0.759. The Morgan fingerprint density at radius 1 is 1.18 bits per heavy atom. The maximum atomic E-state index is 11.8. The van der Waals surface area contributed by atoms with Gasteiger partial charge in [0.2, 0.25) is 11.8 Å². The van der Waals surface area contributed by atoms with Crippen LogP contribution in [0.5, 0.6) is 0 Å². The van der Waals surface area contributed by atoms with E-state index in [2.05, 4.69) is 0 Å². The number of carbonyl (C=O) groups excluding carboxylic acids is 2. The number of amides is 2. The third-order valence-electron chi connectivity index (χ3n) is 2.86. The van der Waals surface area contributed by atoms with Gasteiger partial charge in [-0.05, 0) is 24.6 Å². The standard InChI is InChI=1S/C12H13ClN2O2/c1-8-3-4-9(5-10(8)13)15-7-11(16)14(2)6-12(15)17/h3-5H,6-7H2,1-2H3. The molecule has 1 aromatic rings. The van der Waals surface area contributed by atoms with Crippen molar-refractivity contribution in [3.63, 3.8) is 0 Å². The van der Waals surface area contributed by atoms with Gasteiger partial charge in [0.15, 0.2) is 0 Å². The van der Waals surface area contributed by atoms with E-state index >= 15 is 0 Å². The second kappa shape index (κ2) is 4.37. The van der Waals surface area contributed by atoms with Crippen molar-refractivity contribution in [1.82, 2.24) is 4.90 Å². The highest BCUT2D eigenvalue weighted by atomic mass is 35.5. The first-order valence-electron chi connectivity index (χ1n) is 5.29. The van der Waals surface area contributed by atoms with Crippen LogP contribution in [0.4, 0.5) is 5.69 Å². The minimum absolute atomic E-state index is 0.0682. The minimum Gasteiger partial charge on any atom is -0.335 e. The average molecular weight is 253 g/mol. The molecule has 2 amide bonds. The molecular weight excluding hydrogens is 240 g/mol. The molecule has 0 unspecified atom stereocenters. The van der Waals surface area contributed by atoms with Crippen LogP contribution in [-0.2, 0) is 9.59 Å². The number of anilines is 1. The van der Waals surface area contributed by atoms with E-state index in [4.69, 9.17) is 11.6 Å². The molecule has 1 fully saturated rings. The lowest BCUT2D eigenvalue weighted by Gasteiger charge is -2.31. The van der Waals surface area contributed by atoms with Gasteiger partial charge in [-0.25, -0.2) is 0 Å². The third-order valence-corrected chi connectivity index (χ3v) is 3.27. The van der Waals surface area contributed by atoms with Crippen LogP contribution in [0.1, 0.15) is 5.56 Å². The van der Waals surface area contributed by atoms with E-state index in [1.165, 1.54) is 9.80 Å². The smallest absolute Gasteiger partial charge is 0.247 e. The topological polar surface area (TPSA) is 40.6 Å². The lowest BCUT2D eigenvalue weighted by molar-refractivity contribution is -0.136. The number of likely N-dealkylation sites (N-methyl/N-ethyl adjacent to an activating group) is 1. The van der Waals surface area contributed by atoms with Gasteiger partial charge in [0.05, 0.1) is 6.54 Å². The number of hydrogen-bond donors (Lipinski definition) is 0. The molecule has 4 nitrogen and oxygen atoms in total. The maximum absolute atomic E-state index is 11.8. The maximum Gasteiger partial charge on any atom is 0.247 e. The number of rotatable bonds is 1. The van der Waals surface area contributed by atoms with Gasteiger partial charge in [0, 0.05) is 17.8 Å². The molecular formula is C12H13ClN2O2. The lowest BCUT2D eigenvalue weighted by Crippen LogP contribution is -2.52. The molecule has 0 radical (unpaired) electrons. The summed E-state index contributed by atoms with van der Waals surface area (Å²) in [5.41, 5.74) is 1.62. The van der Waals surface area contributed by atoms with Crippen LogP contribution in [0.3, 0.4) is 0 Å². The average Bonchev–Trinajstić information content (AvgIpc) is 2.27. The molecule has 1 aliphatic rings. The van der Waals surface area contributed by atoms with Crippen molar-refractivity contribution in [3.05, 3.63) is 28.8 Å². The van der Waals surface area contributed by atoms with Crippen molar-refractivity contribution < 1.29 is 9.59 Å². The Balaban J connectivity index is 2.30. The molecule has 0 bridgehead atoms. The SMILES string of the molecule is Cc1ccc(N2CC(=O)N(C)CC2=O)cc1Cl. The van der Waals surface area contributed by atoms with Crippen molar-refractivity contribution in [2.75, 3.05) is 25.0 Å². The predicted molar refractivity (Wildman–Crippen MR) is 66.2 cm³/mol. The molecule has 1 aliphatic heterocycles. The summed E-state index contributed by atoms with van der Waals surface area (Å²) in [7, 11) is 1.62. The van der Waals surface area contributed by atoms with Crippen LogP contribution in [0, 0.1) is 6.92 Å². The molecule has 1 aromatic carbocycles. The number of piperazine rings is 1. The highest BCUT2D eigenvalue weighted by Gasteiger charge is 2.28. The predicted octanol–water partition coefficient (Wildman–Crippen LogP) is 1.45. The van der Waals surface area contributed by atoms with Gasteiger partial charge < -0.3 is 9.80 Å². The highest BCUT2D eigenvalue weighted by molar-refractivity contribution is 6.31. The molecule has 5 heteroatoms. The lowest BCUT2D eigenvalue weighted by atomic mass is 10.2. The molecule has 0 atom stereocenters. The molecule has 0 saturated carbocycles. The van der Waals surface area contributed by atoms with Gasteiger partial charge in [-0.15, -0.1) is 0 Å². The first kappa shape index (κ1) is 11.9. The number of hydrogen-bond acceptors (Lipinski definition) is 2. The van der Waals surface area contributed by atoms with Crippen molar-refractivity contribution in [2.24, 2.45) is 0 Å². The number of aryl methyl sites for hydroxylation is 1. The summed E-state index contributed by atoms with van der Waals surface area (Å²) in [6.07, 6.45) is 0. The summed E-state index contributed by atoms with van der Waals surface area (Å²) in [5.74, 6) is -0.159. The van der Waals surface area contributed by atoms with E-state index in [9.17, 15) is 9.59 Å². The molecule has 2 rings (SSSR count). The normalized spacial score (nSPS) is 16.6. The molecule has 0 aromatic heterocycles. The van der Waals surface area contributed by atoms with Gasteiger partial charge >= 0.3 is 0 Å². The Morgan fingerprint density at radius 2 is 1.88 bits per heavy atom. The third kappa shape index (κ3) is 2.26. The van der Waals surface area contributed by atoms with Crippen LogP contribution < -0.4 is 4.90 Å². The van der Waals surface area contributed by atoms with Gasteiger partial charge in [-0.2, -0.15) is 0 Å². The van der Waals surface area contributed by atoms with Crippen LogP contribution in [0.25, 0.3) is 0 Å². The van der Waals surface area contributed by atoms with Crippen molar-refractivity contribution >= 4 is 29.1 Å². The van der Waals surface area contributed by atoms with Crippen LogP contribution in [0.2, 0.25) is 5.02 Å². The van der Waals surface area contributed by atoms with E-state index in [0.717, 1.165) is 5.56 Å². The fourth-order valence-corrected chi connectivity index (χ4v) is 1.88. The number of nitrogens with zero attached hydrogens (tertiary/aromatic N) is 2. The molecule has 0 aliphatic carbocycles. The zero-order valence-electron chi connectivity index (χ0n) is 9.74. The summed E-state index contributed by atoms with van der Waals surface area (Å²) in [5, 5.41) is 0.599. The summed E-state index contributed by atoms with van der Waals surface area (Å²) < 4.78 is 0. The second-order valence-electron chi connectivity index (χ2n) is 4.16. The summed E-state index contributed by atoms with van der Waals surface area (Å²) in [4.78, 5) is 26.3. The first-order valence-corrected chi connectivity index (χ1v) is 5.67. The zero-order chi connectivity index (χ0) is 12.6. The van der Waals surface area contributed by atoms with Gasteiger partial charge in [0.25, 0.3) is 0 Å². The second-order valence-corrected chi connectivity index (χ2v) is 4.57. The van der Waals surface area contributed by atoms with Crippen LogP contribution in [-0.4, -0.2) is 36.9 Å². The monoisotopic (exact) mass is 252 g/mol. The zero-order valence-corrected chi connectivity index (χ0v) is 10.5. The number of carbonyl (C=O) groups is 2. The first-order chi connectivity index (χ1) is 7.99. The van der Waals surface area contributed by atoms with Crippen molar-refractivity contribution in [1.29, 1.82) is 0 Å². The van der Waals surface area contributed by atoms with Gasteiger partial charge in [0.1, 0.15) is 6.54 Å². The van der Waals surface area contributed by atoms with Gasteiger partial charge in [-0.1, -0.05) is 17.7 Å². The fraction of sp³-hybridized carbons (Fsp3) is 0.333. The van der Waals surface area contributed by atoms with Crippen LogP contribution >= 0.6 is 11.6 Å². The molecule has 90 valence electrons.